The van der Waals surface area contributed by atoms with Crippen molar-refractivity contribution in [2.75, 3.05) is 0 Å². The van der Waals surface area contributed by atoms with Gasteiger partial charge in [0.05, 0.1) is 0 Å². The second-order valence-electron chi connectivity index (χ2n) is 3.45. The Balaban J connectivity index is 1.81. The van der Waals surface area contributed by atoms with Crippen LogP contribution in [0.1, 0.15) is 11.1 Å². The lowest BCUT2D eigenvalue weighted by atomic mass is 10.2. The molecule has 0 radical (unpaired) electrons. The molecule has 0 atom stereocenters. The average molecular weight is 204 g/mol. The first-order valence-corrected chi connectivity index (χ1v) is 4.91. The summed E-state index contributed by atoms with van der Waals surface area (Å²) < 4.78 is 12.6. The molecule has 78 valence electrons. The maximum Gasteiger partial charge on any atom is 0.123 e. The van der Waals surface area contributed by atoms with Crippen LogP contribution >= 0.6 is 0 Å². The molecule has 1 aromatic heterocycles. The van der Waals surface area contributed by atoms with Crippen LogP contribution in [0.2, 0.25) is 0 Å². The molecular weight excluding hydrogens is 191 g/mol. The Labute approximate surface area is 88.1 Å². The van der Waals surface area contributed by atoms with Crippen LogP contribution in [0.25, 0.3) is 0 Å². The molecule has 0 spiro atoms. The molecule has 1 aromatic carbocycles. The molecule has 0 aliphatic heterocycles. The first kappa shape index (κ1) is 9.93. The molecule has 3 heteroatoms. The van der Waals surface area contributed by atoms with E-state index in [2.05, 4.69) is 10.3 Å². The quantitative estimate of drug-likeness (QED) is 0.786. The smallest absolute Gasteiger partial charge is 0.123 e. The molecule has 0 saturated carbocycles. The third-order valence-electron chi connectivity index (χ3n) is 2.23. The maximum absolute atomic E-state index is 12.6. The number of aromatic amines is 1. The van der Waals surface area contributed by atoms with Crippen LogP contribution in [0.3, 0.4) is 0 Å². The summed E-state index contributed by atoms with van der Waals surface area (Å²) in [5.41, 5.74) is 2.31. The Kier molecular flexibility index (Phi) is 3.15. The SMILES string of the molecule is Fc1ccc(CNCc2cc[nH]c2)cc1. The molecule has 0 bridgehead atoms. The fourth-order valence-electron chi connectivity index (χ4n) is 1.42. The van der Waals surface area contributed by atoms with Gasteiger partial charge in [0.15, 0.2) is 0 Å². The number of rotatable bonds is 4. The normalized spacial score (nSPS) is 10.5. The van der Waals surface area contributed by atoms with Gasteiger partial charge in [-0.2, -0.15) is 0 Å². The molecule has 2 aromatic rings. The zero-order valence-corrected chi connectivity index (χ0v) is 8.33. The van der Waals surface area contributed by atoms with Crippen molar-refractivity contribution in [3.63, 3.8) is 0 Å². The molecule has 0 aliphatic carbocycles. The van der Waals surface area contributed by atoms with Gasteiger partial charge in [0.1, 0.15) is 5.82 Å². The Bertz CT molecular complexity index is 392. The van der Waals surface area contributed by atoms with Gasteiger partial charge in [0.2, 0.25) is 0 Å². The molecule has 0 aliphatic rings. The van der Waals surface area contributed by atoms with E-state index in [0.29, 0.717) is 0 Å². The van der Waals surface area contributed by atoms with Gasteiger partial charge in [-0.25, -0.2) is 4.39 Å². The summed E-state index contributed by atoms with van der Waals surface area (Å²) in [4.78, 5) is 3.00. The van der Waals surface area contributed by atoms with Gasteiger partial charge in [0.25, 0.3) is 0 Å². The summed E-state index contributed by atoms with van der Waals surface area (Å²) in [6.45, 7) is 1.58. The van der Waals surface area contributed by atoms with Crippen LogP contribution in [0.4, 0.5) is 4.39 Å². The van der Waals surface area contributed by atoms with Crippen LogP contribution < -0.4 is 5.32 Å². The minimum Gasteiger partial charge on any atom is -0.367 e. The van der Waals surface area contributed by atoms with Crippen molar-refractivity contribution in [1.29, 1.82) is 0 Å². The number of nitrogens with one attached hydrogen (secondary N) is 2. The summed E-state index contributed by atoms with van der Waals surface area (Å²) in [6.07, 6.45) is 3.85. The molecule has 2 N–H and O–H groups in total. The highest BCUT2D eigenvalue weighted by Crippen LogP contribution is 2.03. The standard InChI is InChI=1S/C12H13FN2/c13-12-3-1-10(2-4-12)7-15-9-11-5-6-14-8-11/h1-6,8,14-15H,7,9H2. The number of aromatic nitrogens is 1. The van der Waals surface area contributed by atoms with E-state index < -0.39 is 0 Å². The second kappa shape index (κ2) is 4.75. The van der Waals surface area contributed by atoms with Gasteiger partial charge in [0, 0.05) is 25.5 Å². The zero-order chi connectivity index (χ0) is 10.5. The third-order valence-corrected chi connectivity index (χ3v) is 2.23. The fourth-order valence-corrected chi connectivity index (χ4v) is 1.42. The second-order valence-corrected chi connectivity index (χ2v) is 3.45. The van der Waals surface area contributed by atoms with Crippen molar-refractivity contribution in [2.24, 2.45) is 0 Å². The fraction of sp³-hybridized carbons (Fsp3) is 0.167. The van der Waals surface area contributed by atoms with Gasteiger partial charge in [-0.3, -0.25) is 0 Å². The summed E-state index contributed by atoms with van der Waals surface area (Å²) in [5.74, 6) is -0.190. The van der Waals surface area contributed by atoms with Crippen molar-refractivity contribution in [1.82, 2.24) is 10.3 Å². The predicted octanol–water partition coefficient (Wildman–Crippen LogP) is 2.44. The highest BCUT2D eigenvalue weighted by Gasteiger charge is 1.94. The minimum absolute atomic E-state index is 0.190. The third kappa shape index (κ3) is 2.92. The van der Waals surface area contributed by atoms with Crippen molar-refractivity contribution in [3.05, 3.63) is 59.7 Å². The van der Waals surface area contributed by atoms with Crippen LogP contribution in [0.5, 0.6) is 0 Å². The lowest BCUT2D eigenvalue weighted by Crippen LogP contribution is -2.11. The monoisotopic (exact) mass is 204 g/mol. The minimum atomic E-state index is -0.190. The van der Waals surface area contributed by atoms with Crippen molar-refractivity contribution >= 4 is 0 Å². The van der Waals surface area contributed by atoms with E-state index in [-0.39, 0.29) is 5.82 Å². The molecule has 0 amide bonds. The summed E-state index contributed by atoms with van der Waals surface area (Å²) >= 11 is 0. The first-order chi connectivity index (χ1) is 7.34. The van der Waals surface area contributed by atoms with E-state index in [1.165, 1.54) is 17.7 Å². The van der Waals surface area contributed by atoms with Crippen LogP contribution in [-0.4, -0.2) is 4.98 Å². The zero-order valence-electron chi connectivity index (χ0n) is 8.33. The highest BCUT2D eigenvalue weighted by molar-refractivity contribution is 5.16. The van der Waals surface area contributed by atoms with E-state index >= 15 is 0 Å². The number of hydrogen-bond acceptors (Lipinski definition) is 1. The van der Waals surface area contributed by atoms with Crippen LogP contribution in [0.15, 0.2) is 42.7 Å². The van der Waals surface area contributed by atoms with Crippen LogP contribution in [-0.2, 0) is 13.1 Å². The largest absolute Gasteiger partial charge is 0.367 e. The Morgan fingerprint density at radius 2 is 1.73 bits per heavy atom. The molecule has 15 heavy (non-hydrogen) atoms. The van der Waals surface area contributed by atoms with Crippen molar-refractivity contribution in [3.8, 4) is 0 Å². The molecule has 0 fully saturated rings. The lowest BCUT2D eigenvalue weighted by molar-refractivity contribution is 0.625. The average Bonchev–Trinajstić information content (AvgIpc) is 2.74. The van der Waals surface area contributed by atoms with Gasteiger partial charge < -0.3 is 10.3 Å². The van der Waals surface area contributed by atoms with Gasteiger partial charge >= 0.3 is 0 Å². The first-order valence-electron chi connectivity index (χ1n) is 4.91. The van der Waals surface area contributed by atoms with Crippen molar-refractivity contribution in [2.45, 2.75) is 13.1 Å². The number of benzene rings is 1. The van der Waals surface area contributed by atoms with Crippen molar-refractivity contribution < 1.29 is 4.39 Å². The van der Waals surface area contributed by atoms with Gasteiger partial charge in [-0.1, -0.05) is 12.1 Å². The topological polar surface area (TPSA) is 27.8 Å². The Morgan fingerprint density at radius 1 is 1.00 bits per heavy atom. The van der Waals surface area contributed by atoms with E-state index in [1.54, 1.807) is 12.1 Å². The summed E-state index contributed by atoms with van der Waals surface area (Å²) in [7, 11) is 0. The van der Waals surface area contributed by atoms with E-state index in [4.69, 9.17) is 0 Å². The molecule has 1 heterocycles. The van der Waals surface area contributed by atoms with E-state index in [9.17, 15) is 4.39 Å². The number of hydrogen-bond donors (Lipinski definition) is 2. The predicted molar refractivity (Wildman–Crippen MR) is 57.7 cm³/mol. The Morgan fingerprint density at radius 3 is 2.40 bits per heavy atom. The van der Waals surface area contributed by atoms with E-state index in [0.717, 1.165) is 18.7 Å². The summed E-state index contributed by atoms with van der Waals surface area (Å²) in [5, 5.41) is 3.28. The lowest BCUT2D eigenvalue weighted by Gasteiger charge is -2.03. The number of halogens is 1. The van der Waals surface area contributed by atoms with E-state index in [1.807, 2.05) is 18.5 Å². The Hall–Kier alpha value is -1.61. The molecular formula is C12H13FN2. The molecule has 2 nitrogen and oxygen atoms in total. The maximum atomic E-state index is 12.6. The van der Waals surface area contributed by atoms with Crippen LogP contribution in [0, 0.1) is 5.82 Å². The molecule has 0 saturated heterocycles. The molecule has 2 rings (SSSR count). The number of H-pyrrole nitrogens is 1. The highest BCUT2D eigenvalue weighted by atomic mass is 19.1. The summed E-state index contributed by atoms with van der Waals surface area (Å²) in [6, 6.07) is 8.57. The van der Waals surface area contributed by atoms with Gasteiger partial charge in [-0.15, -0.1) is 0 Å². The van der Waals surface area contributed by atoms with Gasteiger partial charge in [-0.05, 0) is 29.3 Å². The molecule has 0 unspecified atom stereocenters.